The minimum absolute atomic E-state index is 0.834. The zero-order valence-electron chi connectivity index (χ0n) is 8.93. The second-order valence-electron chi connectivity index (χ2n) is 3.30. The topological polar surface area (TPSA) is 50.1 Å². The minimum atomic E-state index is 0.834. The molecule has 0 bridgehead atoms. The Labute approximate surface area is 85.7 Å². The van der Waals surface area contributed by atoms with Gasteiger partial charge in [0, 0.05) is 24.5 Å². The molecule has 14 heavy (non-hydrogen) atoms. The minimum Gasteiger partial charge on any atom is -0.399 e. The van der Waals surface area contributed by atoms with Crippen LogP contribution in [-0.4, -0.2) is 20.1 Å². The Hall–Kier alpha value is -1.22. The molecule has 0 saturated heterocycles. The molecule has 3 nitrogen and oxygen atoms in total. The van der Waals surface area contributed by atoms with E-state index in [9.17, 15) is 0 Å². The largest absolute Gasteiger partial charge is 0.399 e. The fraction of sp³-hybridized carbons (Fsp3) is 0.455. The molecule has 1 rings (SSSR count). The number of anilines is 2. The van der Waals surface area contributed by atoms with Crippen molar-refractivity contribution in [1.82, 2.24) is 5.32 Å². The van der Waals surface area contributed by atoms with E-state index < -0.39 is 0 Å². The predicted molar refractivity (Wildman–Crippen MR) is 62.6 cm³/mol. The highest BCUT2D eigenvalue weighted by molar-refractivity contribution is 5.58. The van der Waals surface area contributed by atoms with E-state index in [1.54, 1.807) is 0 Å². The van der Waals surface area contributed by atoms with Gasteiger partial charge in [-0.3, -0.25) is 0 Å². The van der Waals surface area contributed by atoms with E-state index in [0.717, 1.165) is 25.2 Å². The van der Waals surface area contributed by atoms with Crippen molar-refractivity contribution in [1.29, 1.82) is 0 Å². The smallest absolute Gasteiger partial charge is 0.0374 e. The Bertz CT molecular complexity index is 284. The second-order valence-corrected chi connectivity index (χ2v) is 3.30. The zero-order chi connectivity index (χ0) is 10.4. The molecule has 0 radical (unpaired) electrons. The van der Waals surface area contributed by atoms with Gasteiger partial charge < -0.3 is 16.4 Å². The van der Waals surface area contributed by atoms with E-state index in [1.807, 2.05) is 25.2 Å². The Kier molecular flexibility index (Phi) is 4.26. The van der Waals surface area contributed by atoms with Gasteiger partial charge in [-0.2, -0.15) is 0 Å². The van der Waals surface area contributed by atoms with Gasteiger partial charge in [0.15, 0.2) is 0 Å². The number of nitrogens with one attached hydrogen (secondary N) is 2. The second kappa shape index (κ2) is 5.50. The lowest BCUT2D eigenvalue weighted by Crippen LogP contribution is -2.18. The van der Waals surface area contributed by atoms with Crippen molar-refractivity contribution in [2.24, 2.45) is 0 Å². The van der Waals surface area contributed by atoms with Gasteiger partial charge in [-0.25, -0.2) is 0 Å². The third-order valence-corrected chi connectivity index (χ3v) is 2.20. The highest BCUT2D eigenvalue weighted by Crippen LogP contribution is 2.18. The number of hydrogen-bond donors (Lipinski definition) is 3. The number of aryl methyl sites for hydroxylation is 1. The van der Waals surface area contributed by atoms with Crippen LogP contribution in [0.5, 0.6) is 0 Å². The van der Waals surface area contributed by atoms with Gasteiger partial charge in [0.25, 0.3) is 0 Å². The molecule has 0 aliphatic rings. The molecule has 3 heteroatoms. The Morgan fingerprint density at radius 3 is 2.71 bits per heavy atom. The summed E-state index contributed by atoms with van der Waals surface area (Å²) in [5.74, 6) is 0. The van der Waals surface area contributed by atoms with Gasteiger partial charge in [-0.05, 0) is 37.2 Å². The van der Waals surface area contributed by atoms with Crippen molar-refractivity contribution in [3.8, 4) is 0 Å². The lowest BCUT2D eigenvalue weighted by Gasteiger charge is -2.11. The van der Waals surface area contributed by atoms with Gasteiger partial charge in [-0.1, -0.05) is 6.92 Å². The number of likely N-dealkylation sites (N-methyl/N-ethyl adjacent to an activating group) is 1. The lowest BCUT2D eigenvalue weighted by molar-refractivity contribution is 0.823. The van der Waals surface area contributed by atoms with Crippen LogP contribution in [0.3, 0.4) is 0 Å². The van der Waals surface area contributed by atoms with Crippen LogP contribution in [0.25, 0.3) is 0 Å². The summed E-state index contributed by atoms with van der Waals surface area (Å²) in [6.45, 7) is 4.04. The molecule has 4 N–H and O–H groups in total. The Morgan fingerprint density at radius 1 is 1.29 bits per heavy atom. The molecule has 0 aromatic heterocycles. The molecule has 0 saturated carbocycles. The molecular weight excluding hydrogens is 174 g/mol. The van der Waals surface area contributed by atoms with E-state index in [-0.39, 0.29) is 0 Å². The first kappa shape index (κ1) is 10.9. The van der Waals surface area contributed by atoms with E-state index in [2.05, 4.69) is 17.6 Å². The standard InChI is InChI=1S/C11H19N3/c1-3-9-8-10(12)4-5-11(9)14-7-6-13-2/h4-5,8,13-14H,3,6-7,12H2,1-2H3. The third-order valence-electron chi connectivity index (χ3n) is 2.20. The summed E-state index contributed by atoms with van der Waals surface area (Å²) < 4.78 is 0. The first-order valence-electron chi connectivity index (χ1n) is 5.04. The summed E-state index contributed by atoms with van der Waals surface area (Å²) in [4.78, 5) is 0. The van der Waals surface area contributed by atoms with Gasteiger partial charge in [0.05, 0.1) is 0 Å². The number of nitrogens with two attached hydrogens (primary N) is 1. The molecule has 0 atom stereocenters. The average molecular weight is 193 g/mol. The van der Waals surface area contributed by atoms with Crippen molar-refractivity contribution < 1.29 is 0 Å². The average Bonchev–Trinajstić information content (AvgIpc) is 2.20. The van der Waals surface area contributed by atoms with E-state index in [0.29, 0.717) is 0 Å². The van der Waals surface area contributed by atoms with Gasteiger partial charge in [0.1, 0.15) is 0 Å². The maximum atomic E-state index is 5.72. The van der Waals surface area contributed by atoms with Gasteiger partial charge >= 0.3 is 0 Å². The van der Waals surface area contributed by atoms with Crippen LogP contribution < -0.4 is 16.4 Å². The van der Waals surface area contributed by atoms with Crippen LogP contribution in [0, 0.1) is 0 Å². The number of rotatable bonds is 5. The molecule has 1 aromatic carbocycles. The van der Waals surface area contributed by atoms with Crippen molar-refractivity contribution in [2.45, 2.75) is 13.3 Å². The van der Waals surface area contributed by atoms with Crippen molar-refractivity contribution in [3.63, 3.8) is 0 Å². The number of benzene rings is 1. The van der Waals surface area contributed by atoms with Crippen LogP contribution in [0.15, 0.2) is 18.2 Å². The molecule has 0 aliphatic heterocycles. The van der Waals surface area contributed by atoms with Crippen LogP contribution in [-0.2, 0) is 6.42 Å². The predicted octanol–water partition coefficient (Wildman–Crippen LogP) is 1.46. The van der Waals surface area contributed by atoms with Crippen LogP contribution in [0.4, 0.5) is 11.4 Å². The van der Waals surface area contributed by atoms with Crippen molar-refractivity contribution in [3.05, 3.63) is 23.8 Å². The first-order valence-corrected chi connectivity index (χ1v) is 5.04. The van der Waals surface area contributed by atoms with Crippen molar-refractivity contribution in [2.75, 3.05) is 31.2 Å². The maximum absolute atomic E-state index is 5.72. The molecule has 78 valence electrons. The highest BCUT2D eigenvalue weighted by Gasteiger charge is 1.99. The fourth-order valence-electron chi connectivity index (χ4n) is 1.40. The molecule has 0 amide bonds. The lowest BCUT2D eigenvalue weighted by atomic mass is 10.1. The number of hydrogen-bond acceptors (Lipinski definition) is 3. The normalized spacial score (nSPS) is 10.1. The third kappa shape index (κ3) is 2.92. The molecule has 0 spiro atoms. The molecule has 0 fully saturated rings. The van der Waals surface area contributed by atoms with E-state index in [1.165, 1.54) is 11.3 Å². The van der Waals surface area contributed by atoms with Crippen LogP contribution in [0.1, 0.15) is 12.5 Å². The molecule has 0 aliphatic carbocycles. The first-order chi connectivity index (χ1) is 6.77. The highest BCUT2D eigenvalue weighted by atomic mass is 14.9. The fourth-order valence-corrected chi connectivity index (χ4v) is 1.40. The summed E-state index contributed by atoms with van der Waals surface area (Å²) in [6, 6.07) is 6.01. The summed E-state index contributed by atoms with van der Waals surface area (Å²) in [6.07, 6.45) is 1.01. The molecule has 1 aromatic rings. The zero-order valence-corrected chi connectivity index (χ0v) is 8.93. The molecule has 0 unspecified atom stereocenters. The molecule has 0 heterocycles. The van der Waals surface area contributed by atoms with Gasteiger partial charge in [0.2, 0.25) is 0 Å². The molecular formula is C11H19N3. The van der Waals surface area contributed by atoms with E-state index >= 15 is 0 Å². The number of nitrogen functional groups attached to an aromatic ring is 1. The monoisotopic (exact) mass is 193 g/mol. The van der Waals surface area contributed by atoms with Gasteiger partial charge in [-0.15, -0.1) is 0 Å². The van der Waals surface area contributed by atoms with Crippen molar-refractivity contribution >= 4 is 11.4 Å². The SMILES string of the molecule is CCc1cc(N)ccc1NCCNC. The van der Waals surface area contributed by atoms with E-state index in [4.69, 9.17) is 5.73 Å². The summed E-state index contributed by atoms with van der Waals surface area (Å²) >= 11 is 0. The summed E-state index contributed by atoms with van der Waals surface area (Å²) in [5.41, 5.74) is 9.02. The summed E-state index contributed by atoms with van der Waals surface area (Å²) in [7, 11) is 1.95. The maximum Gasteiger partial charge on any atom is 0.0374 e. The Balaban J connectivity index is 2.65. The van der Waals surface area contributed by atoms with Crippen LogP contribution in [0.2, 0.25) is 0 Å². The Morgan fingerprint density at radius 2 is 2.07 bits per heavy atom. The summed E-state index contributed by atoms with van der Waals surface area (Å²) in [5, 5.41) is 6.47. The quantitative estimate of drug-likeness (QED) is 0.490. The van der Waals surface area contributed by atoms with Crippen LogP contribution >= 0.6 is 0 Å².